The number of carboxylic acid groups (broad SMARTS) is 1. The van der Waals surface area contributed by atoms with Gasteiger partial charge in [0, 0.05) is 5.69 Å². The minimum Gasteiger partial charge on any atom is -0.544 e. The van der Waals surface area contributed by atoms with Gasteiger partial charge >= 0.3 is 0 Å². The Kier molecular flexibility index (Phi) is 7.91. The molecule has 0 spiro atoms. The van der Waals surface area contributed by atoms with Gasteiger partial charge in [0.25, 0.3) is 0 Å². The summed E-state index contributed by atoms with van der Waals surface area (Å²) in [6, 6.07) is 11.7. The van der Waals surface area contributed by atoms with Crippen molar-refractivity contribution in [1.82, 2.24) is 0 Å². The molecule has 1 amide bonds. The Morgan fingerprint density at radius 3 is 2.44 bits per heavy atom. The molecule has 0 radical (unpaired) electrons. The zero-order valence-electron chi connectivity index (χ0n) is 14.8. The average molecular weight is 410 g/mol. The lowest BCUT2D eigenvalue weighted by atomic mass is 10.2. The topological polar surface area (TPSA) is 97.9 Å². The van der Waals surface area contributed by atoms with Crippen molar-refractivity contribution in [3.8, 4) is 0 Å². The van der Waals surface area contributed by atoms with Crippen molar-refractivity contribution in [3.63, 3.8) is 0 Å². The van der Waals surface area contributed by atoms with Crippen LogP contribution in [0, 0.1) is 6.92 Å². The summed E-state index contributed by atoms with van der Waals surface area (Å²) in [7, 11) is 0. The van der Waals surface area contributed by atoms with E-state index in [1.165, 1.54) is 0 Å². The Hall–Kier alpha value is -2.28. The fourth-order valence-corrected chi connectivity index (χ4v) is 3.02. The summed E-state index contributed by atoms with van der Waals surface area (Å²) in [6.07, 6.45) is -0.256. The molecule has 0 aromatic heterocycles. The van der Waals surface area contributed by atoms with E-state index >= 15 is 0 Å². The minimum absolute atomic E-state index is 0.256. The van der Waals surface area contributed by atoms with Crippen molar-refractivity contribution < 1.29 is 20.0 Å². The van der Waals surface area contributed by atoms with Crippen LogP contribution in [0.5, 0.6) is 0 Å². The summed E-state index contributed by atoms with van der Waals surface area (Å²) >= 11 is 12.0. The molecule has 0 aliphatic carbocycles. The van der Waals surface area contributed by atoms with E-state index in [0.29, 0.717) is 13.1 Å². The van der Waals surface area contributed by atoms with Gasteiger partial charge in [-0.2, -0.15) is 0 Å². The molecule has 0 aliphatic rings. The SMILES string of the molecule is Cc1cccc(NCC[NH2+][C@@H](CC(=O)Nc2c(Cl)cccc2Cl)C(=O)[O-])c1. The summed E-state index contributed by atoms with van der Waals surface area (Å²) in [5.74, 6) is -1.80. The molecule has 0 bridgehead atoms. The van der Waals surface area contributed by atoms with Crippen LogP contribution in [0.1, 0.15) is 12.0 Å². The van der Waals surface area contributed by atoms with Gasteiger partial charge in [-0.3, -0.25) is 4.79 Å². The van der Waals surface area contributed by atoms with E-state index < -0.39 is 17.9 Å². The van der Waals surface area contributed by atoms with Crippen LogP contribution in [-0.2, 0) is 9.59 Å². The van der Waals surface area contributed by atoms with Crippen LogP contribution in [0.4, 0.5) is 11.4 Å². The molecular weight excluding hydrogens is 389 g/mol. The van der Waals surface area contributed by atoms with Gasteiger partial charge in [-0.05, 0) is 36.8 Å². The molecule has 144 valence electrons. The highest BCUT2D eigenvalue weighted by Crippen LogP contribution is 2.29. The number of quaternary nitrogens is 1. The van der Waals surface area contributed by atoms with E-state index in [0.717, 1.165) is 11.3 Å². The summed E-state index contributed by atoms with van der Waals surface area (Å²) < 4.78 is 0. The summed E-state index contributed by atoms with van der Waals surface area (Å²) in [4.78, 5) is 23.5. The van der Waals surface area contributed by atoms with Crippen LogP contribution in [0.15, 0.2) is 42.5 Å². The molecular formula is C19H21Cl2N3O3. The van der Waals surface area contributed by atoms with Crippen LogP contribution >= 0.6 is 23.2 Å². The lowest BCUT2D eigenvalue weighted by Gasteiger charge is -2.17. The molecule has 2 rings (SSSR count). The van der Waals surface area contributed by atoms with E-state index in [2.05, 4.69) is 10.6 Å². The first kappa shape index (κ1) is 21.0. The Morgan fingerprint density at radius 2 is 1.81 bits per heavy atom. The molecule has 0 saturated carbocycles. The quantitative estimate of drug-likeness (QED) is 0.545. The van der Waals surface area contributed by atoms with Crippen LogP contribution in [0.3, 0.4) is 0 Å². The van der Waals surface area contributed by atoms with Gasteiger partial charge in [-0.25, -0.2) is 0 Å². The van der Waals surface area contributed by atoms with Crippen molar-refractivity contribution >= 4 is 46.5 Å². The number of amides is 1. The molecule has 6 nitrogen and oxygen atoms in total. The summed E-state index contributed by atoms with van der Waals surface area (Å²) in [5.41, 5.74) is 2.36. The van der Waals surface area contributed by atoms with Gasteiger partial charge in [0.05, 0.1) is 41.2 Å². The first-order chi connectivity index (χ1) is 12.9. The highest BCUT2D eigenvalue weighted by Gasteiger charge is 2.19. The maximum absolute atomic E-state index is 12.2. The van der Waals surface area contributed by atoms with E-state index in [4.69, 9.17) is 23.2 Å². The molecule has 8 heteroatoms. The number of para-hydroxylation sites is 1. The van der Waals surface area contributed by atoms with E-state index in [1.807, 2.05) is 31.2 Å². The minimum atomic E-state index is -1.30. The number of aryl methyl sites for hydroxylation is 1. The van der Waals surface area contributed by atoms with Crippen molar-refractivity contribution in [2.45, 2.75) is 19.4 Å². The third kappa shape index (κ3) is 6.75. The lowest BCUT2D eigenvalue weighted by Crippen LogP contribution is -2.94. The number of hydrogen-bond donors (Lipinski definition) is 3. The first-order valence-electron chi connectivity index (χ1n) is 8.45. The third-order valence-electron chi connectivity index (χ3n) is 3.88. The number of rotatable bonds is 9. The monoisotopic (exact) mass is 409 g/mol. The second-order valence-electron chi connectivity index (χ2n) is 6.10. The molecule has 2 aromatic rings. The zero-order chi connectivity index (χ0) is 19.8. The van der Waals surface area contributed by atoms with Crippen molar-refractivity contribution in [2.75, 3.05) is 23.7 Å². The Labute approximate surface area is 167 Å². The van der Waals surface area contributed by atoms with Gasteiger partial charge in [0.15, 0.2) is 0 Å². The number of hydrogen-bond acceptors (Lipinski definition) is 4. The third-order valence-corrected chi connectivity index (χ3v) is 4.51. The predicted molar refractivity (Wildman–Crippen MR) is 105 cm³/mol. The maximum Gasteiger partial charge on any atom is 0.230 e. The maximum atomic E-state index is 12.2. The predicted octanol–water partition coefficient (Wildman–Crippen LogP) is 1.42. The number of carbonyl (C=O) groups excluding carboxylic acids is 2. The number of nitrogens with two attached hydrogens (primary N) is 1. The second kappa shape index (κ2) is 10.2. The fraction of sp³-hybridized carbons (Fsp3) is 0.263. The number of anilines is 2. The summed E-state index contributed by atoms with van der Waals surface area (Å²) in [5, 5.41) is 19.2. The second-order valence-corrected chi connectivity index (χ2v) is 6.91. The van der Waals surface area contributed by atoms with Crippen LogP contribution in [0.2, 0.25) is 10.0 Å². The zero-order valence-corrected chi connectivity index (χ0v) is 16.3. The number of carboxylic acids is 1. The highest BCUT2D eigenvalue weighted by atomic mass is 35.5. The summed E-state index contributed by atoms with van der Waals surface area (Å²) in [6.45, 7) is 3.01. The normalized spacial score (nSPS) is 11.7. The fourth-order valence-electron chi connectivity index (χ4n) is 2.53. The smallest absolute Gasteiger partial charge is 0.230 e. The largest absolute Gasteiger partial charge is 0.544 e. The molecule has 27 heavy (non-hydrogen) atoms. The van der Waals surface area contributed by atoms with Crippen molar-refractivity contribution in [1.29, 1.82) is 0 Å². The molecule has 0 aliphatic heterocycles. The standard InChI is InChI=1S/C19H21Cl2N3O3/c1-12-4-2-5-13(10-12)22-8-9-23-16(19(26)27)11-17(25)24-18-14(20)6-3-7-15(18)21/h2-7,10,16,22-23H,8-9,11H2,1H3,(H,24,25)(H,26,27)/t16-/m0/s1. The van der Waals surface area contributed by atoms with Gasteiger partial charge in [0.1, 0.15) is 6.04 Å². The number of halogens is 2. The van der Waals surface area contributed by atoms with E-state index in [9.17, 15) is 14.7 Å². The van der Waals surface area contributed by atoms with Crippen molar-refractivity contribution in [3.05, 3.63) is 58.1 Å². The van der Waals surface area contributed by atoms with Crippen LogP contribution in [-0.4, -0.2) is 31.0 Å². The average Bonchev–Trinajstić information content (AvgIpc) is 2.61. The molecule has 0 unspecified atom stereocenters. The van der Waals surface area contributed by atoms with E-state index in [1.54, 1.807) is 23.5 Å². The molecule has 0 fully saturated rings. The molecule has 0 heterocycles. The molecule has 0 saturated heterocycles. The van der Waals surface area contributed by atoms with Crippen molar-refractivity contribution in [2.24, 2.45) is 0 Å². The Bertz CT molecular complexity index is 794. The van der Waals surface area contributed by atoms with Crippen LogP contribution < -0.4 is 21.1 Å². The van der Waals surface area contributed by atoms with Gasteiger partial charge in [-0.1, -0.05) is 41.4 Å². The molecule has 1 atom stereocenters. The molecule has 4 N–H and O–H groups in total. The Morgan fingerprint density at radius 1 is 1.15 bits per heavy atom. The first-order valence-corrected chi connectivity index (χ1v) is 9.21. The number of aliphatic carboxylic acids is 1. The number of nitrogens with one attached hydrogen (secondary N) is 2. The van der Waals surface area contributed by atoms with E-state index in [-0.39, 0.29) is 22.2 Å². The lowest BCUT2D eigenvalue weighted by molar-refractivity contribution is -0.680. The van der Waals surface area contributed by atoms with Crippen LogP contribution in [0.25, 0.3) is 0 Å². The van der Waals surface area contributed by atoms with Gasteiger partial charge < -0.3 is 25.9 Å². The van der Waals surface area contributed by atoms with Gasteiger partial charge in [-0.15, -0.1) is 0 Å². The number of benzene rings is 2. The Balaban J connectivity index is 1.84. The molecule has 2 aromatic carbocycles. The van der Waals surface area contributed by atoms with Gasteiger partial charge in [0.2, 0.25) is 5.91 Å². The number of carbonyl (C=O) groups is 2. The highest BCUT2D eigenvalue weighted by molar-refractivity contribution is 6.39.